The minimum absolute atomic E-state index is 0.467. The Labute approximate surface area is 84.2 Å². The second-order valence-electron chi connectivity index (χ2n) is 3.45. The van der Waals surface area contributed by atoms with Crippen LogP contribution in [0, 0.1) is 0 Å². The van der Waals surface area contributed by atoms with Crippen molar-refractivity contribution in [3.63, 3.8) is 0 Å². The average molecular weight is 198 g/mol. The molecule has 2 unspecified atom stereocenters. The lowest BCUT2D eigenvalue weighted by molar-refractivity contribution is 0.0181. The van der Waals surface area contributed by atoms with Gasteiger partial charge in [-0.1, -0.05) is 6.92 Å². The molecular weight excluding hydrogens is 180 g/mol. The van der Waals surface area contributed by atoms with E-state index >= 15 is 0 Å². The van der Waals surface area contributed by atoms with E-state index in [0.717, 1.165) is 12.1 Å². The van der Waals surface area contributed by atoms with Gasteiger partial charge in [0.15, 0.2) is 0 Å². The summed E-state index contributed by atoms with van der Waals surface area (Å²) in [6.45, 7) is 4.68. The molecule has 4 nitrogen and oxygen atoms in total. The highest BCUT2D eigenvalue weighted by molar-refractivity contribution is 5.05. The molecule has 0 radical (unpaired) electrons. The van der Waals surface area contributed by atoms with Crippen molar-refractivity contribution in [2.24, 2.45) is 0 Å². The van der Waals surface area contributed by atoms with Crippen LogP contribution < -0.4 is 0 Å². The minimum atomic E-state index is -0.686. The van der Waals surface area contributed by atoms with Crippen molar-refractivity contribution in [3.05, 3.63) is 18.0 Å². The molecule has 0 fully saturated rings. The Balaban J connectivity index is 2.51. The third-order valence-corrected chi connectivity index (χ3v) is 2.32. The molecule has 1 rings (SSSR count). The molecule has 0 saturated heterocycles. The number of aliphatic hydroxyl groups is 2. The van der Waals surface area contributed by atoms with Gasteiger partial charge in [-0.3, -0.25) is 4.68 Å². The van der Waals surface area contributed by atoms with Gasteiger partial charge in [-0.15, -0.1) is 0 Å². The normalized spacial score (nSPS) is 15.4. The van der Waals surface area contributed by atoms with Crippen molar-refractivity contribution in [3.8, 4) is 0 Å². The van der Waals surface area contributed by atoms with Crippen LogP contribution in [0.1, 0.15) is 25.8 Å². The molecule has 2 atom stereocenters. The van der Waals surface area contributed by atoms with Crippen molar-refractivity contribution < 1.29 is 10.2 Å². The molecule has 1 aromatic heterocycles. The fraction of sp³-hybridized carbons (Fsp3) is 0.700. The Morgan fingerprint density at radius 1 is 1.36 bits per heavy atom. The molecule has 0 aliphatic carbocycles. The van der Waals surface area contributed by atoms with E-state index in [-0.39, 0.29) is 0 Å². The van der Waals surface area contributed by atoms with Gasteiger partial charge < -0.3 is 10.2 Å². The van der Waals surface area contributed by atoms with Crippen LogP contribution in [0.5, 0.6) is 0 Å². The van der Waals surface area contributed by atoms with Crippen molar-refractivity contribution in [2.75, 3.05) is 0 Å². The van der Waals surface area contributed by atoms with Gasteiger partial charge in [-0.05, 0) is 18.9 Å². The highest BCUT2D eigenvalue weighted by Crippen LogP contribution is 2.07. The SMILES string of the molecule is CCC(O)C(O)Cc1cnn(CC)c1. The molecule has 4 heteroatoms. The van der Waals surface area contributed by atoms with Gasteiger partial charge in [0.1, 0.15) is 0 Å². The smallest absolute Gasteiger partial charge is 0.0840 e. The highest BCUT2D eigenvalue weighted by Gasteiger charge is 2.15. The van der Waals surface area contributed by atoms with Gasteiger partial charge in [-0.25, -0.2) is 0 Å². The van der Waals surface area contributed by atoms with Crippen molar-refractivity contribution in [1.82, 2.24) is 9.78 Å². The lowest BCUT2D eigenvalue weighted by Gasteiger charge is -2.14. The molecule has 0 saturated carbocycles. The number of hydrogen-bond donors (Lipinski definition) is 2. The van der Waals surface area contributed by atoms with Gasteiger partial charge in [0.05, 0.1) is 18.4 Å². The molecule has 1 aromatic rings. The van der Waals surface area contributed by atoms with E-state index in [4.69, 9.17) is 0 Å². The summed E-state index contributed by atoms with van der Waals surface area (Å²) in [5.41, 5.74) is 0.965. The Bertz CT molecular complexity index is 273. The molecule has 80 valence electrons. The second-order valence-corrected chi connectivity index (χ2v) is 3.45. The van der Waals surface area contributed by atoms with Crippen molar-refractivity contribution in [1.29, 1.82) is 0 Å². The molecule has 0 aromatic carbocycles. The molecule has 2 N–H and O–H groups in total. The summed E-state index contributed by atoms with van der Waals surface area (Å²) in [7, 11) is 0. The highest BCUT2D eigenvalue weighted by atomic mass is 16.3. The van der Waals surface area contributed by atoms with Crippen LogP contribution in [0.4, 0.5) is 0 Å². The minimum Gasteiger partial charge on any atom is -0.390 e. The van der Waals surface area contributed by atoms with Crippen LogP contribution >= 0.6 is 0 Å². The molecule has 14 heavy (non-hydrogen) atoms. The second kappa shape index (κ2) is 5.12. The summed E-state index contributed by atoms with van der Waals surface area (Å²) in [6.07, 6.45) is 3.34. The summed E-state index contributed by atoms with van der Waals surface area (Å²) in [5.74, 6) is 0. The van der Waals surface area contributed by atoms with E-state index in [9.17, 15) is 10.2 Å². The molecule has 0 bridgehead atoms. The fourth-order valence-corrected chi connectivity index (χ4v) is 1.33. The molecule has 1 heterocycles. The fourth-order valence-electron chi connectivity index (χ4n) is 1.33. The zero-order valence-corrected chi connectivity index (χ0v) is 8.72. The van der Waals surface area contributed by atoms with Crippen LogP contribution in [-0.2, 0) is 13.0 Å². The number of aliphatic hydroxyl groups excluding tert-OH is 2. The number of nitrogens with zero attached hydrogens (tertiary/aromatic N) is 2. The Morgan fingerprint density at radius 3 is 2.57 bits per heavy atom. The average Bonchev–Trinajstić information content (AvgIpc) is 2.64. The van der Waals surface area contributed by atoms with E-state index in [1.54, 1.807) is 10.9 Å². The maximum absolute atomic E-state index is 9.57. The van der Waals surface area contributed by atoms with E-state index < -0.39 is 12.2 Å². The number of hydrogen-bond acceptors (Lipinski definition) is 3. The van der Waals surface area contributed by atoms with Gasteiger partial charge in [0.25, 0.3) is 0 Å². The molecular formula is C10H18N2O2. The third kappa shape index (κ3) is 2.82. The molecule has 0 aliphatic rings. The van der Waals surface area contributed by atoms with E-state index in [1.807, 2.05) is 20.0 Å². The predicted octanol–water partition coefficient (Wildman–Crippen LogP) is 0.577. The maximum Gasteiger partial charge on any atom is 0.0840 e. The molecule has 0 spiro atoms. The van der Waals surface area contributed by atoms with Gasteiger partial charge >= 0.3 is 0 Å². The zero-order valence-electron chi connectivity index (χ0n) is 8.72. The van der Waals surface area contributed by atoms with Crippen LogP contribution in [0.15, 0.2) is 12.4 Å². The first-order valence-electron chi connectivity index (χ1n) is 5.04. The molecule has 0 amide bonds. The van der Waals surface area contributed by atoms with Crippen LogP contribution in [0.2, 0.25) is 0 Å². The number of aromatic nitrogens is 2. The lowest BCUT2D eigenvalue weighted by atomic mass is 10.1. The Kier molecular flexibility index (Phi) is 4.10. The van der Waals surface area contributed by atoms with Gasteiger partial charge in [-0.2, -0.15) is 5.10 Å². The van der Waals surface area contributed by atoms with Gasteiger partial charge in [0, 0.05) is 19.2 Å². The third-order valence-electron chi connectivity index (χ3n) is 2.32. The van der Waals surface area contributed by atoms with Crippen molar-refractivity contribution in [2.45, 2.75) is 45.4 Å². The predicted molar refractivity (Wildman–Crippen MR) is 53.9 cm³/mol. The van der Waals surface area contributed by atoms with Crippen LogP contribution in [0.3, 0.4) is 0 Å². The quantitative estimate of drug-likeness (QED) is 0.727. The lowest BCUT2D eigenvalue weighted by Crippen LogP contribution is -2.26. The topological polar surface area (TPSA) is 58.3 Å². The summed E-state index contributed by atoms with van der Waals surface area (Å²) < 4.78 is 1.81. The first-order chi connectivity index (χ1) is 6.67. The van der Waals surface area contributed by atoms with Crippen LogP contribution in [0.25, 0.3) is 0 Å². The van der Waals surface area contributed by atoms with E-state index in [2.05, 4.69) is 5.10 Å². The first-order valence-corrected chi connectivity index (χ1v) is 5.04. The zero-order chi connectivity index (χ0) is 10.6. The van der Waals surface area contributed by atoms with Gasteiger partial charge in [0.2, 0.25) is 0 Å². The maximum atomic E-state index is 9.57. The Morgan fingerprint density at radius 2 is 2.07 bits per heavy atom. The standard InChI is InChI=1S/C10H18N2O2/c1-3-9(13)10(14)5-8-6-11-12(4-2)7-8/h6-7,9-10,13-14H,3-5H2,1-2H3. The summed E-state index contributed by atoms with van der Waals surface area (Å²) in [4.78, 5) is 0. The molecule has 0 aliphatic heterocycles. The summed E-state index contributed by atoms with van der Waals surface area (Å²) >= 11 is 0. The summed E-state index contributed by atoms with van der Waals surface area (Å²) in [5, 5.41) is 23.0. The van der Waals surface area contributed by atoms with Crippen molar-refractivity contribution >= 4 is 0 Å². The number of aryl methyl sites for hydroxylation is 1. The first kappa shape index (κ1) is 11.2. The van der Waals surface area contributed by atoms with E-state index in [1.165, 1.54) is 0 Å². The van der Waals surface area contributed by atoms with E-state index in [0.29, 0.717) is 12.8 Å². The number of rotatable bonds is 5. The Hall–Kier alpha value is -0.870. The largest absolute Gasteiger partial charge is 0.390 e. The monoisotopic (exact) mass is 198 g/mol. The summed E-state index contributed by atoms with van der Waals surface area (Å²) in [6, 6.07) is 0. The van der Waals surface area contributed by atoms with Crippen LogP contribution in [-0.4, -0.2) is 32.2 Å².